The van der Waals surface area contributed by atoms with Gasteiger partial charge in [-0.2, -0.15) is 0 Å². The molecule has 0 saturated carbocycles. The van der Waals surface area contributed by atoms with Crippen LogP contribution in [0.4, 0.5) is 25.8 Å². The Morgan fingerprint density at radius 2 is 1.47 bits per heavy atom. The average Bonchev–Trinajstić information content (AvgIpc) is 3.01. The van der Waals surface area contributed by atoms with E-state index in [9.17, 15) is 23.2 Å². The molecule has 3 aromatic carbocycles. The van der Waals surface area contributed by atoms with Crippen LogP contribution in [0, 0.1) is 11.6 Å². The Morgan fingerprint density at radius 3 is 2.09 bits per heavy atom. The maximum Gasteiger partial charge on any atom is 0.282 e. The van der Waals surface area contributed by atoms with Crippen LogP contribution in [0.5, 0.6) is 0 Å². The third-order valence-corrected chi connectivity index (χ3v) is 4.78. The minimum atomic E-state index is -1.08. The van der Waals surface area contributed by atoms with Crippen LogP contribution in [0.25, 0.3) is 5.57 Å². The van der Waals surface area contributed by atoms with Gasteiger partial charge in [-0.05, 0) is 42.0 Å². The van der Waals surface area contributed by atoms with Crippen LogP contribution in [-0.4, -0.2) is 17.7 Å². The van der Waals surface area contributed by atoms with Gasteiger partial charge in [-0.15, -0.1) is 0 Å². The van der Waals surface area contributed by atoms with E-state index in [1.54, 1.807) is 42.5 Å². The fourth-order valence-corrected chi connectivity index (χ4v) is 3.37. The molecule has 0 spiro atoms. The van der Waals surface area contributed by atoms with Crippen LogP contribution < -0.4 is 15.5 Å². The molecule has 0 aliphatic carbocycles. The van der Waals surface area contributed by atoms with Crippen molar-refractivity contribution < 1.29 is 23.2 Å². The summed E-state index contributed by atoms with van der Waals surface area (Å²) in [7, 11) is 0. The van der Waals surface area contributed by atoms with Crippen LogP contribution in [0.2, 0.25) is 0 Å². The van der Waals surface area contributed by atoms with E-state index in [0.29, 0.717) is 16.9 Å². The number of amides is 3. The van der Waals surface area contributed by atoms with Gasteiger partial charge < -0.3 is 10.6 Å². The first-order valence-electron chi connectivity index (χ1n) is 9.63. The number of benzene rings is 3. The molecule has 6 nitrogen and oxygen atoms in total. The maximum atomic E-state index is 13.7. The summed E-state index contributed by atoms with van der Waals surface area (Å²) in [5.74, 6) is -3.58. The molecular formula is C24H17F2N3O3. The molecule has 3 amide bonds. The zero-order valence-electron chi connectivity index (χ0n) is 16.9. The monoisotopic (exact) mass is 433 g/mol. The summed E-state index contributed by atoms with van der Waals surface area (Å²) < 4.78 is 27.0. The number of rotatable bonds is 5. The third kappa shape index (κ3) is 3.98. The number of anilines is 3. The molecule has 0 aromatic heterocycles. The van der Waals surface area contributed by atoms with Crippen molar-refractivity contribution in [3.05, 3.63) is 95.7 Å². The maximum absolute atomic E-state index is 13.7. The van der Waals surface area contributed by atoms with E-state index in [2.05, 4.69) is 10.6 Å². The first kappa shape index (κ1) is 20.9. The SMILES string of the molecule is CC(=O)Nc1ccc(N2C(=O)C(Nc3ccc(F)c(F)c3)=C(c3ccccc3)C2=O)cc1. The van der Waals surface area contributed by atoms with Crippen LogP contribution in [0.1, 0.15) is 12.5 Å². The summed E-state index contributed by atoms with van der Waals surface area (Å²) in [4.78, 5) is 38.8. The summed E-state index contributed by atoms with van der Waals surface area (Å²) in [5, 5.41) is 5.39. The first-order chi connectivity index (χ1) is 15.3. The standard InChI is InChI=1S/C24H17F2N3O3/c1-14(30)27-16-7-10-18(11-8-16)29-23(31)21(15-5-3-2-4-6-15)22(24(29)32)28-17-9-12-19(25)20(26)13-17/h2-13,28H,1H3,(H,27,30). The largest absolute Gasteiger partial charge is 0.350 e. The van der Waals surface area contributed by atoms with Crippen molar-refractivity contribution in [3.8, 4) is 0 Å². The highest BCUT2D eigenvalue weighted by molar-refractivity contribution is 6.46. The number of hydrogen-bond donors (Lipinski definition) is 2. The van der Waals surface area contributed by atoms with Gasteiger partial charge >= 0.3 is 0 Å². The van der Waals surface area contributed by atoms with Crippen LogP contribution in [-0.2, 0) is 14.4 Å². The molecule has 32 heavy (non-hydrogen) atoms. The van der Waals surface area contributed by atoms with E-state index in [-0.39, 0.29) is 22.9 Å². The molecular weight excluding hydrogens is 416 g/mol. The molecule has 0 saturated heterocycles. The summed E-state index contributed by atoms with van der Waals surface area (Å²) in [6.07, 6.45) is 0. The zero-order chi connectivity index (χ0) is 22.8. The highest BCUT2D eigenvalue weighted by Gasteiger charge is 2.40. The topological polar surface area (TPSA) is 78.5 Å². The number of imide groups is 1. The van der Waals surface area contributed by atoms with E-state index >= 15 is 0 Å². The minimum absolute atomic E-state index is 0.0573. The number of carbonyl (C=O) groups excluding carboxylic acids is 3. The van der Waals surface area contributed by atoms with Gasteiger partial charge in [0, 0.05) is 24.4 Å². The molecule has 1 aliphatic rings. The lowest BCUT2D eigenvalue weighted by Gasteiger charge is -2.16. The Labute approximate surface area is 182 Å². The summed E-state index contributed by atoms with van der Waals surface area (Å²) in [6, 6.07) is 17.9. The normalized spacial score (nSPS) is 13.5. The Kier molecular flexibility index (Phi) is 5.51. The van der Waals surface area contributed by atoms with Crippen molar-refractivity contribution in [1.29, 1.82) is 0 Å². The van der Waals surface area contributed by atoms with Gasteiger partial charge in [-0.3, -0.25) is 14.4 Å². The Balaban J connectivity index is 1.74. The molecule has 0 fully saturated rings. The molecule has 0 radical (unpaired) electrons. The Bertz CT molecular complexity index is 1260. The van der Waals surface area contributed by atoms with Crippen molar-refractivity contribution in [1.82, 2.24) is 0 Å². The second-order valence-corrected chi connectivity index (χ2v) is 7.04. The highest BCUT2D eigenvalue weighted by atomic mass is 19.2. The van der Waals surface area contributed by atoms with Gasteiger partial charge in [0.15, 0.2) is 11.6 Å². The van der Waals surface area contributed by atoms with Crippen molar-refractivity contribution >= 4 is 40.4 Å². The van der Waals surface area contributed by atoms with Crippen LogP contribution in [0.3, 0.4) is 0 Å². The molecule has 0 unspecified atom stereocenters. The molecule has 2 N–H and O–H groups in total. The Morgan fingerprint density at radius 1 is 0.812 bits per heavy atom. The molecule has 1 heterocycles. The van der Waals surface area contributed by atoms with E-state index in [1.165, 1.54) is 25.1 Å². The predicted octanol–water partition coefficient (Wildman–Crippen LogP) is 4.32. The lowest BCUT2D eigenvalue weighted by atomic mass is 10.0. The predicted molar refractivity (Wildman–Crippen MR) is 117 cm³/mol. The number of halogens is 2. The number of nitrogens with zero attached hydrogens (tertiary/aromatic N) is 1. The van der Waals surface area contributed by atoms with Crippen LogP contribution >= 0.6 is 0 Å². The second kappa shape index (κ2) is 8.43. The lowest BCUT2D eigenvalue weighted by Crippen LogP contribution is -2.32. The molecule has 0 bridgehead atoms. The van der Waals surface area contributed by atoms with E-state index < -0.39 is 23.4 Å². The number of nitrogens with one attached hydrogen (secondary N) is 2. The third-order valence-electron chi connectivity index (χ3n) is 4.78. The van der Waals surface area contributed by atoms with Gasteiger partial charge in [0.1, 0.15) is 5.70 Å². The van der Waals surface area contributed by atoms with Crippen LogP contribution in [0.15, 0.2) is 78.5 Å². The van der Waals surface area contributed by atoms with Gasteiger partial charge in [0.25, 0.3) is 11.8 Å². The fraction of sp³-hybridized carbons (Fsp3) is 0.0417. The van der Waals surface area contributed by atoms with Gasteiger partial charge in [-0.1, -0.05) is 30.3 Å². The van der Waals surface area contributed by atoms with Gasteiger partial charge in [-0.25, -0.2) is 13.7 Å². The van der Waals surface area contributed by atoms with Crippen molar-refractivity contribution in [2.45, 2.75) is 6.92 Å². The molecule has 160 valence electrons. The number of carbonyl (C=O) groups is 3. The van der Waals surface area contributed by atoms with Crippen molar-refractivity contribution in [3.63, 3.8) is 0 Å². The average molecular weight is 433 g/mol. The lowest BCUT2D eigenvalue weighted by molar-refractivity contribution is -0.120. The molecule has 1 aliphatic heterocycles. The summed E-state index contributed by atoms with van der Waals surface area (Å²) in [6.45, 7) is 1.37. The van der Waals surface area contributed by atoms with E-state index in [0.717, 1.165) is 17.0 Å². The van der Waals surface area contributed by atoms with Gasteiger partial charge in [0.2, 0.25) is 5.91 Å². The smallest absolute Gasteiger partial charge is 0.282 e. The molecule has 3 aromatic rings. The highest BCUT2D eigenvalue weighted by Crippen LogP contribution is 2.34. The zero-order valence-corrected chi connectivity index (χ0v) is 16.9. The van der Waals surface area contributed by atoms with E-state index in [1.807, 2.05) is 0 Å². The van der Waals surface area contributed by atoms with Gasteiger partial charge in [0.05, 0.1) is 11.3 Å². The summed E-state index contributed by atoms with van der Waals surface area (Å²) in [5.41, 5.74) is 1.47. The quantitative estimate of drug-likeness (QED) is 0.588. The Hall–Kier alpha value is -4.33. The molecule has 8 heteroatoms. The first-order valence-corrected chi connectivity index (χ1v) is 9.63. The number of hydrogen-bond acceptors (Lipinski definition) is 4. The van der Waals surface area contributed by atoms with Crippen molar-refractivity contribution in [2.75, 3.05) is 15.5 Å². The van der Waals surface area contributed by atoms with E-state index in [4.69, 9.17) is 0 Å². The molecule has 0 atom stereocenters. The van der Waals surface area contributed by atoms with Crippen molar-refractivity contribution in [2.24, 2.45) is 0 Å². The molecule has 4 rings (SSSR count). The fourth-order valence-electron chi connectivity index (χ4n) is 3.37. The minimum Gasteiger partial charge on any atom is -0.350 e. The summed E-state index contributed by atoms with van der Waals surface area (Å²) >= 11 is 0. The second-order valence-electron chi connectivity index (χ2n) is 7.04.